The van der Waals surface area contributed by atoms with Crippen molar-refractivity contribution in [2.24, 2.45) is 0 Å². The van der Waals surface area contributed by atoms with Gasteiger partial charge in [0.05, 0.1) is 5.10 Å². The predicted molar refractivity (Wildman–Crippen MR) is 96.0 cm³/mol. The van der Waals surface area contributed by atoms with E-state index in [1.807, 2.05) is 6.07 Å². The molecule has 0 bridgehead atoms. The van der Waals surface area contributed by atoms with Crippen LogP contribution in [-0.4, -0.2) is 41.2 Å². The summed E-state index contributed by atoms with van der Waals surface area (Å²) in [5, 5.41) is 19.5. The standard InChI is InChI=1S/C18H27N5O/c1-3-9-22(10-4-2)11-8-19-18-20-16-12-14-6-5-7-15(14)13-17(16)23(24)21-18/h12-13H,3-11H2,1-2H3,(H,19,20,21). The Morgan fingerprint density at radius 3 is 2.54 bits per heavy atom. The third kappa shape index (κ3) is 3.75. The Balaban J connectivity index is 1.70. The van der Waals surface area contributed by atoms with Crippen LogP contribution in [0.5, 0.6) is 0 Å². The van der Waals surface area contributed by atoms with Gasteiger partial charge in [-0.3, -0.25) is 0 Å². The lowest BCUT2D eigenvalue weighted by molar-refractivity contribution is -0.641. The quantitative estimate of drug-likeness (QED) is 0.594. The number of aromatic nitrogens is 3. The zero-order valence-corrected chi connectivity index (χ0v) is 14.7. The third-order valence-electron chi connectivity index (χ3n) is 4.60. The molecular formula is C18H27N5O. The van der Waals surface area contributed by atoms with E-state index in [-0.39, 0.29) is 0 Å². The number of benzene rings is 1. The molecule has 130 valence electrons. The maximum Gasteiger partial charge on any atom is 0.290 e. The first-order valence-corrected chi connectivity index (χ1v) is 9.11. The van der Waals surface area contributed by atoms with Crippen molar-refractivity contribution >= 4 is 17.0 Å². The summed E-state index contributed by atoms with van der Waals surface area (Å²) in [6.45, 7) is 8.27. The van der Waals surface area contributed by atoms with Gasteiger partial charge in [0.1, 0.15) is 5.52 Å². The Morgan fingerprint density at radius 2 is 1.83 bits per heavy atom. The first-order valence-electron chi connectivity index (χ1n) is 9.11. The third-order valence-corrected chi connectivity index (χ3v) is 4.60. The highest BCUT2D eigenvalue weighted by Crippen LogP contribution is 2.25. The SMILES string of the molecule is CCCN(CCC)CCNc1nc2cc3c(cc2[n+]([O-])n1)CCC3. The van der Waals surface area contributed by atoms with Gasteiger partial charge >= 0.3 is 0 Å². The topological polar surface area (TPSA) is 68.0 Å². The normalized spacial score (nSPS) is 13.6. The van der Waals surface area contributed by atoms with Crippen LogP contribution in [0.4, 0.5) is 5.95 Å². The van der Waals surface area contributed by atoms with Crippen molar-refractivity contribution < 1.29 is 4.85 Å². The Hall–Kier alpha value is -1.95. The molecular weight excluding hydrogens is 302 g/mol. The molecule has 0 saturated heterocycles. The van der Waals surface area contributed by atoms with Gasteiger partial charge in [0.2, 0.25) is 0 Å². The Morgan fingerprint density at radius 1 is 1.12 bits per heavy atom. The maximum atomic E-state index is 12.2. The minimum absolute atomic E-state index is 0.420. The average molecular weight is 329 g/mol. The van der Waals surface area contributed by atoms with Gasteiger partial charge in [-0.15, -0.1) is 0 Å². The number of hydrogen-bond donors (Lipinski definition) is 1. The number of anilines is 1. The van der Waals surface area contributed by atoms with Crippen LogP contribution in [0.15, 0.2) is 12.1 Å². The van der Waals surface area contributed by atoms with Crippen molar-refractivity contribution in [2.75, 3.05) is 31.5 Å². The summed E-state index contributed by atoms with van der Waals surface area (Å²) in [6.07, 6.45) is 5.60. The van der Waals surface area contributed by atoms with Gasteiger partial charge in [-0.25, -0.2) is 4.98 Å². The molecule has 0 unspecified atom stereocenters. The van der Waals surface area contributed by atoms with E-state index in [9.17, 15) is 5.21 Å². The van der Waals surface area contributed by atoms with E-state index in [0.29, 0.717) is 16.3 Å². The van der Waals surface area contributed by atoms with Crippen LogP contribution >= 0.6 is 0 Å². The molecule has 0 aliphatic heterocycles. The van der Waals surface area contributed by atoms with Gasteiger partial charge in [-0.2, -0.15) is 0 Å². The van der Waals surface area contributed by atoms with E-state index in [4.69, 9.17) is 0 Å². The predicted octanol–water partition coefficient (Wildman–Crippen LogP) is 2.29. The fraction of sp³-hybridized carbons (Fsp3) is 0.611. The van der Waals surface area contributed by atoms with Crippen molar-refractivity contribution in [3.63, 3.8) is 0 Å². The fourth-order valence-electron chi connectivity index (χ4n) is 3.49. The van der Waals surface area contributed by atoms with Crippen molar-refractivity contribution in [3.8, 4) is 0 Å². The summed E-state index contributed by atoms with van der Waals surface area (Å²) in [4.78, 5) is 7.67. The molecule has 1 aliphatic carbocycles. The lowest BCUT2D eigenvalue weighted by atomic mass is 10.1. The van der Waals surface area contributed by atoms with E-state index < -0.39 is 0 Å². The van der Waals surface area contributed by atoms with E-state index in [1.54, 1.807) is 0 Å². The van der Waals surface area contributed by atoms with Crippen LogP contribution in [-0.2, 0) is 12.8 Å². The molecule has 1 aromatic heterocycles. The number of rotatable bonds is 8. The molecule has 0 spiro atoms. The molecule has 2 aromatic rings. The zero-order valence-electron chi connectivity index (χ0n) is 14.7. The molecule has 0 fully saturated rings. The second kappa shape index (κ2) is 7.75. The minimum atomic E-state index is 0.420. The molecule has 0 amide bonds. The molecule has 0 saturated carbocycles. The van der Waals surface area contributed by atoms with E-state index in [1.165, 1.54) is 11.1 Å². The minimum Gasteiger partial charge on any atom is -0.594 e. The zero-order chi connectivity index (χ0) is 16.9. The number of aryl methyl sites for hydroxylation is 2. The molecule has 0 radical (unpaired) electrons. The van der Waals surface area contributed by atoms with Crippen LogP contribution in [0.25, 0.3) is 11.0 Å². The highest BCUT2D eigenvalue weighted by atomic mass is 16.5. The van der Waals surface area contributed by atoms with Gasteiger partial charge in [0.25, 0.3) is 11.5 Å². The second-order valence-electron chi connectivity index (χ2n) is 6.54. The van der Waals surface area contributed by atoms with Crippen LogP contribution in [0.3, 0.4) is 0 Å². The van der Waals surface area contributed by atoms with Gasteiger partial charge < -0.3 is 15.4 Å². The molecule has 1 aromatic carbocycles. The summed E-state index contributed by atoms with van der Waals surface area (Å²) in [7, 11) is 0. The fourth-order valence-corrected chi connectivity index (χ4v) is 3.49. The van der Waals surface area contributed by atoms with E-state index in [0.717, 1.165) is 63.8 Å². The number of nitrogens with one attached hydrogen (secondary N) is 1. The Bertz CT molecular complexity index is 697. The van der Waals surface area contributed by atoms with Crippen LogP contribution in [0, 0.1) is 5.21 Å². The highest BCUT2D eigenvalue weighted by molar-refractivity contribution is 5.74. The Kier molecular flexibility index (Phi) is 5.45. The smallest absolute Gasteiger partial charge is 0.290 e. The summed E-state index contributed by atoms with van der Waals surface area (Å²) >= 11 is 0. The molecule has 6 heteroatoms. The number of hydrogen-bond acceptors (Lipinski definition) is 5. The summed E-state index contributed by atoms with van der Waals surface area (Å²) in [6, 6.07) is 4.01. The highest BCUT2D eigenvalue weighted by Gasteiger charge is 2.18. The molecule has 24 heavy (non-hydrogen) atoms. The number of nitrogens with zero attached hydrogens (tertiary/aromatic N) is 4. The molecule has 0 atom stereocenters. The van der Waals surface area contributed by atoms with Crippen molar-refractivity contribution in [2.45, 2.75) is 46.0 Å². The van der Waals surface area contributed by atoms with Gasteiger partial charge in [-0.1, -0.05) is 13.8 Å². The largest absolute Gasteiger partial charge is 0.594 e. The van der Waals surface area contributed by atoms with E-state index in [2.05, 4.69) is 40.2 Å². The molecule has 3 rings (SSSR count). The lowest BCUT2D eigenvalue weighted by Crippen LogP contribution is -2.35. The first-order chi connectivity index (χ1) is 11.7. The Labute approximate surface area is 143 Å². The second-order valence-corrected chi connectivity index (χ2v) is 6.54. The summed E-state index contributed by atoms with van der Waals surface area (Å²) < 4.78 is 0. The average Bonchev–Trinajstić information content (AvgIpc) is 3.01. The molecule has 1 N–H and O–H groups in total. The molecule has 1 aliphatic rings. The van der Waals surface area contributed by atoms with Gasteiger partial charge in [0.15, 0.2) is 0 Å². The monoisotopic (exact) mass is 329 g/mol. The maximum absolute atomic E-state index is 12.2. The number of fused-ring (bicyclic) bond motifs is 2. The first kappa shape index (κ1) is 16.9. The van der Waals surface area contributed by atoms with Gasteiger partial charge in [-0.05, 0) is 67.2 Å². The van der Waals surface area contributed by atoms with Crippen molar-refractivity contribution in [1.29, 1.82) is 0 Å². The van der Waals surface area contributed by atoms with Crippen molar-refractivity contribution in [1.82, 2.24) is 15.0 Å². The van der Waals surface area contributed by atoms with Crippen LogP contribution in [0.2, 0.25) is 0 Å². The lowest BCUT2D eigenvalue weighted by Gasteiger charge is -2.20. The van der Waals surface area contributed by atoms with Crippen LogP contribution < -0.4 is 10.2 Å². The molecule has 6 nitrogen and oxygen atoms in total. The van der Waals surface area contributed by atoms with Crippen LogP contribution in [0.1, 0.15) is 44.2 Å². The molecule has 1 heterocycles. The summed E-state index contributed by atoms with van der Waals surface area (Å²) in [5.74, 6) is 0.420. The van der Waals surface area contributed by atoms with Crippen molar-refractivity contribution in [3.05, 3.63) is 28.5 Å². The summed E-state index contributed by atoms with van der Waals surface area (Å²) in [5.41, 5.74) is 3.90. The van der Waals surface area contributed by atoms with Gasteiger partial charge in [0, 0.05) is 19.2 Å². The van der Waals surface area contributed by atoms with E-state index >= 15 is 0 Å².